The number of likely N-dealkylation sites (tertiary alicyclic amines) is 1. The number of ketones is 1. The summed E-state index contributed by atoms with van der Waals surface area (Å²) >= 11 is 0. The van der Waals surface area contributed by atoms with Crippen molar-refractivity contribution in [3.8, 4) is 0 Å². The Labute approximate surface area is 308 Å². The molecular weight excluding hydrogens is 662 g/mol. The third kappa shape index (κ3) is 13.4. The molecule has 1 saturated heterocycles. The summed E-state index contributed by atoms with van der Waals surface area (Å²) in [6, 6.07) is 16.1. The number of carbonyl (C=O) groups excluding carboxylic acids is 5. The first-order valence-corrected chi connectivity index (χ1v) is 18.4. The van der Waals surface area contributed by atoms with Crippen molar-refractivity contribution in [2.75, 3.05) is 39.8 Å². The molecule has 5 atom stereocenters. The van der Waals surface area contributed by atoms with Crippen LogP contribution in [0, 0.1) is 11.8 Å². The third-order valence-corrected chi connectivity index (χ3v) is 9.36. The third-order valence-electron chi connectivity index (χ3n) is 9.36. The van der Waals surface area contributed by atoms with Gasteiger partial charge in [-0.3, -0.25) is 19.2 Å². The average molecular weight is 722 g/mol. The minimum Gasteiger partial charge on any atom is -0.463 e. The Morgan fingerprint density at radius 1 is 0.885 bits per heavy atom. The molecule has 1 aliphatic rings. The van der Waals surface area contributed by atoms with Crippen LogP contribution in [-0.2, 0) is 41.6 Å². The van der Waals surface area contributed by atoms with Crippen LogP contribution >= 0.6 is 0 Å². The predicted octanol–water partition coefficient (Wildman–Crippen LogP) is 1.21. The van der Waals surface area contributed by atoms with Crippen molar-refractivity contribution >= 4 is 29.5 Å². The van der Waals surface area contributed by atoms with Gasteiger partial charge >= 0.3 is 5.97 Å². The van der Waals surface area contributed by atoms with Gasteiger partial charge < -0.3 is 42.8 Å². The first kappa shape index (κ1) is 42.2. The van der Waals surface area contributed by atoms with Crippen molar-refractivity contribution in [2.45, 2.75) is 88.9 Å². The number of unbranched alkanes of at least 4 members (excludes halogenated alkanes) is 1. The topological polar surface area (TPSA) is 212 Å². The molecule has 3 rings (SSSR count). The molecule has 1 heterocycles. The van der Waals surface area contributed by atoms with Crippen LogP contribution in [0.4, 0.5) is 0 Å². The molecule has 1 unspecified atom stereocenters. The number of ether oxygens (including phenoxy) is 1. The lowest BCUT2D eigenvalue weighted by molar-refractivity contribution is -0.149. The largest absolute Gasteiger partial charge is 0.463 e. The lowest BCUT2D eigenvalue weighted by Crippen LogP contribution is -2.55. The molecule has 0 aromatic heterocycles. The SMILES string of the molecule is CNCCOC(=O)C1(N)CCN(C(=O)[C@@H](CCCCN)NC(=O)[C@H](CC(=O)[C@@H](Cc2ccccc2)NC(=O)[C@H](N)Cc2ccccc2)CC(C)C)C1. The van der Waals surface area contributed by atoms with E-state index in [1.54, 1.807) is 7.05 Å². The van der Waals surface area contributed by atoms with Crippen LogP contribution < -0.4 is 33.2 Å². The quantitative estimate of drug-likeness (QED) is 0.0756. The fourth-order valence-corrected chi connectivity index (χ4v) is 6.41. The van der Waals surface area contributed by atoms with E-state index in [1.807, 2.05) is 74.5 Å². The molecule has 0 aliphatic carbocycles. The van der Waals surface area contributed by atoms with E-state index in [-0.39, 0.29) is 56.6 Å². The summed E-state index contributed by atoms with van der Waals surface area (Å²) < 4.78 is 5.31. The van der Waals surface area contributed by atoms with Gasteiger partial charge in [0, 0.05) is 32.0 Å². The van der Waals surface area contributed by atoms with E-state index in [1.165, 1.54) is 4.90 Å². The molecule has 0 saturated carbocycles. The lowest BCUT2D eigenvalue weighted by atomic mass is 9.88. The van der Waals surface area contributed by atoms with Gasteiger partial charge in [0.15, 0.2) is 5.78 Å². The van der Waals surface area contributed by atoms with E-state index < -0.39 is 47.4 Å². The van der Waals surface area contributed by atoms with Crippen LogP contribution in [0.2, 0.25) is 0 Å². The van der Waals surface area contributed by atoms with E-state index in [0.29, 0.717) is 45.2 Å². The minimum atomic E-state index is -1.34. The Kier molecular flexibility index (Phi) is 17.4. The predicted molar refractivity (Wildman–Crippen MR) is 201 cm³/mol. The van der Waals surface area contributed by atoms with Crippen LogP contribution in [0.1, 0.15) is 63.5 Å². The standard InChI is InChI=1S/C39H59N7O6/c1-27(2)22-30(25-34(47)33(24-29-14-8-5-9-15-29)45-36(49)31(41)23-28-12-6-4-7-13-28)35(48)44-32(16-10-11-18-40)37(50)46-20-17-39(42,26-46)38(51)52-21-19-43-3/h4-9,12-15,27,30-33,43H,10-11,16-26,40-42H2,1-3H3,(H,44,48)(H,45,49)/t30-,31+,32+,33+,39?/m0/s1. The number of hydrogen-bond acceptors (Lipinski definition) is 10. The number of nitrogens with one attached hydrogen (secondary N) is 3. The van der Waals surface area contributed by atoms with E-state index in [2.05, 4.69) is 16.0 Å². The van der Waals surface area contributed by atoms with Gasteiger partial charge in [-0.25, -0.2) is 4.79 Å². The highest BCUT2D eigenvalue weighted by Gasteiger charge is 2.45. The van der Waals surface area contributed by atoms with Gasteiger partial charge in [0.25, 0.3) is 0 Å². The normalized spacial score (nSPS) is 17.9. The average Bonchev–Trinajstić information content (AvgIpc) is 3.54. The molecule has 1 fully saturated rings. The summed E-state index contributed by atoms with van der Waals surface area (Å²) in [6.45, 7) is 5.18. The first-order chi connectivity index (χ1) is 24.9. The Bertz CT molecular complexity index is 1440. The summed E-state index contributed by atoms with van der Waals surface area (Å²) in [7, 11) is 1.74. The number of carbonyl (C=O) groups is 5. The fraction of sp³-hybridized carbons (Fsp3) is 0.564. The maximum absolute atomic E-state index is 14.0. The number of benzene rings is 2. The number of likely N-dealkylation sites (N-methyl/N-ethyl adjacent to an activating group) is 1. The molecule has 52 heavy (non-hydrogen) atoms. The van der Waals surface area contributed by atoms with Gasteiger partial charge in [-0.15, -0.1) is 0 Å². The Balaban J connectivity index is 1.76. The smallest absolute Gasteiger partial charge is 0.328 e. The van der Waals surface area contributed by atoms with E-state index in [0.717, 1.165) is 11.1 Å². The molecule has 3 amide bonds. The number of amides is 3. The molecule has 1 aliphatic heterocycles. The highest BCUT2D eigenvalue weighted by Crippen LogP contribution is 2.23. The maximum atomic E-state index is 14.0. The van der Waals surface area contributed by atoms with Crippen LogP contribution in [0.3, 0.4) is 0 Å². The van der Waals surface area contributed by atoms with E-state index in [9.17, 15) is 24.0 Å². The Hall–Kier alpha value is -4.17. The molecule has 13 nitrogen and oxygen atoms in total. The number of nitrogens with two attached hydrogens (primary N) is 3. The van der Waals surface area contributed by atoms with Crippen molar-refractivity contribution in [3.05, 3.63) is 71.8 Å². The molecule has 0 radical (unpaired) electrons. The van der Waals surface area contributed by atoms with Gasteiger partial charge in [0.2, 0.25) is 17.7 Å². The number of hydrogen-bond donors (Lipinski definition) is 6. The molecule has 0 bridgehead atoms. The van der Waals surface area contributed by atoms with Crippen molar-refractivity contribution < 1.29 is 28.7 Å². The summed E-state index contributed by atoms with van der Waals surface area (Å²) in [6.07, 6.45) is 2.57. The monoisotopic (exact) mass is 721 g/mol. The molecular formula is C39H59N7O6. The molecule has 9 N–H and O–H groups in total. The van der Waals surface area contributed by atoms with Gasteiger partial charge in [0.05, 0.1) is 12.1 Å². The summed E-state index contributed by atoms with van der Waals surface area (Å²) in [5.74, 6) is -2.82. The van der Waals surface area contributed by atoms with Crippen LogP contribution in [-0.4, -0.2) is 97.9 Å². The van der Waals surface area contributed by atoms with Crippen LogP contribution in [0.25, 0.3) is 0 Å². The van der Waals surface area contributed by atoms with Gasteiger partial charge in [-0.2, -0.15) is 0 Å². The molecule has 286 valence electrons. The molecule has 2 aromatic rings. The van der Waals surface area contributed by atoms with Crippen molar-refractivity contribution in [2.24, 2.45) is 29.0 Å². The van der Waals surface area contributed by atoms with Crippen molar-refractivity contribution in [1.82, 2.24) is 20.9 Å². The van der Waals surface area contributed by atoms with Gasteiger partial charge in [-0.1, -0.05) is 74.5 Å². The lowest BCUT2D eigenvalue weighted by Gasteiger charge is -2.28. The van der Waals surface area contributed by atoms with Crippen LogP contribution in [0.15, 0.2) is 60.7 Å². The highest BCUT2D eigenvalue weighted by atomic mass is 16.5. The zero-order chi connectivity index (χ0) is 38.1. The zero-order valence-electron chi connectivity index (χ0n) is 31.0. The number of nitrogens with zero attached hydrogens (tertiary/aromatic N) is 1. The van der Waals surface area contributed by atoms with Gasteiger partial charge in [-0.05, 0) is 75.6 Å². The highest BCUT2D eigenvalue weighted by molar-refractivity contribution is 5.95. The molecule has 2 aromatic carbocycles. The summed E-state index contributed by atoms with van der Waals surface area (Å²) in [4.78, 5) is 69.5. The first-order valence-electron chi connectivity index (χ1n) is 18.4. The Morgan fingerprint density at radius 2 is 1.50 bits per heavy atom. The zero-order valence-corrected chi connectivity index (χ0v) is 31.0. The molecule has 0 spiro atoms. The second-order valence-corrected chi connectivity index (χ2v) is 14.3. The summed E-state index contributed by atoms with van der Waals surface area (Å²) in [5, 5.41) is 8.72. The second kappa shape index (κ2) is 21.4. The van der Waals surface area contributed by atoms with E-state index >= 15 is 0 Å². The molecule has 13 heteroatoms. The summed E-state index contributed by atoms with van der Waals surface area (Å²) in [5.41, 5.74) is 18.8. The van der Waals surface area contributed by atoms with Crippen LogP contribution in [0.5, 0.6) is 0 Å². The second-order valence-electron chi connectivity index (χ2n) is 14.3. The number of rotatable bonds is 22. The minimum absolute atomic E-state index is 0.0331. The fourth-order valence-electron chi connectivity index (χ4n) is 6.41. The Morgan fingerprint density at radius 3 is 2.10 bits per heavy atom. The van der Waals surface area contributed by atoms with E-state index in [4.69, 9.17) is 21.9 Å². The van der Waals surface area contributed by atoms with Crippen molar-refractivity contribution in [3.63, 3.8) is 0 Å². The maximum Gasteiger partial charge on any atom is 0.328 e. The number of esters is 1. The number of Topliss-reactive ketones (excluding diaryl/α,β-unsaturated/α-hetero) is 1. The van der Waals surface area contributed by atoms with Gasteiger partial charge in [0.1, 0.15) is 18.2 Å². The van der Waals surface area contributed by atoms with Crippen molar-refractivity contribution in [1.29, 1.82) is 0 Å².